The van der Waals surface area contributed by atoms with Crippen molar-refractivity contribution >= 4 is 0 Å². The smallest absolute Gasteiger partial charge is 0.118 e. The summed E-state index contributed by atoms with van der Waals surface area (Å²) in [5, 5.41) is 11.1. The second-order valence-corrected chi connectivity index (χ2v) is 6.45. The fourth-order valence-corrected chi connectivity index (χ4v) is 3.30. The number of likely N-dealkylation sites (tertiary alicyclic amines) is 1. The minimum Gasteiger partial charge on any atom is -0.370 e. The third kappa shape index (κ3) is 3.95. The van der Waals surface area contributed by atoms with E-state index in [1.165, 1.54) is 5.56 Å². The topological polar surface area (TPSA) is 54.0 Å². The van der Waals surface area contributed by atoms with Crippen LogP contribution in [0.1, 0.15) is 17.7 Å². The molecule has 0 amide bonds. The third-order valence-electron chi connectivity index (χ3n) is 4.61. The molecule has 25 heavy (non-hydrogen) atoms. The average Bonchev–Trinajstić information content (AvgIpc) is 3.31. The van der Waals surface area contributed by atoms with Crippen molar-refractivity contribution in [2.24, 2.45) is 0 Å². The number of H-pyrrole nitrogens is 1. The van der Waals surface area contributed by atoms with Gasteiger partial charge in [0.25, 0.3) is 0 Å². The zero-order valence-electron chi connectivity index (χ0n) is 14.1. The van der Waals surface area contributed by atoms with Crippen molar-refractivity contribution in [1.29, 1.82) is 0 Å². The molecule has 1 atom stereocenters. The molecule has 2 aromatic carbocycles. The lowest BCUT2D eigenvalue weighted by Crippen LogP contribution is -2.23. The highest BCUT2D eigenvalue weighted by Gasteiger charge is 2.23. The number of ether oxygens (including phenoxy) is 1. The number of nitrogens with one attached hydrogen (secondary N) is 1. The van der Waals surface area contributed by atoms with E-state index in [4.69, 9.17) is 4.74 Å². The Morgan fingerprint density at radius 3 is 2.60 bits per heavy atom. The Labute approximate surface area is 147 Å². The monoisotopic (exact) mass is 334 g/mol. The summed E-state index contributed by atoms with van der Waals surface area (Å²) in [6.07, 6.45) is 1.32. The van der Waals surface area contributed by atoms with Gasteiger partial charge in [-0.3, -0.25) is 10.00 Å². The Balaban J connectivity index is 1.32. The van der Waals surface area contributed by atoms with Gasteiger partial charge >= 0.3 is 0 Å². The van der Waals surface area contributed by atoms with Gasteiger partial charge in [-0.05, 0) is 12.0 Å². The number of hydrogen-bond donors (Lipinski definition) is 1. The Bertz CT molecular complexity index is 788. The molecule has 1 aliphatic heterocycles. The molecule has 1 saturated heterocycles. The van der Waals surface area contributed by atoms with Gasteiger partial charge < -0.3 is 4.74 Å². The first-order valence-corrected chi connectivity index (χ1v) is 8.72. The van der Waals surface area contributed by atoms with Crippen LogP contribution in [0.5, 0.6) is 0 Å². The molecule has 2 heterocycles. The first-order valence-electron chi connectivity index (χ1n) is 8.72. The molecule has 128 valence electrons. The van der Waals surface area contributed by atoms with E-state index in [1.54, 1.807) is 0 Å². The molecule has 1 aliphatic rings. The summed E-state index contributed by atoms with van der Waals surface area (Å²) in [5.74, 6) is 0. The average molecular weight is 334 g/mol. The van der Waals surface area contributed by atoms with Crippen LogP contribution >= 0.6 is 0 Å². The lowest BCUT2D eigenvalue weighted by molar-refractivity contribution is 0.0445. The van der Waals surface area contributed by atoms with Gasteiger partial charge in [0.05, 0.1) is 18.4 Å². The highest BCUT2D eigenvalue weighted by molar-refractivity contribution is 5.60. The van der Waals surface area contributed by atoms with Gasteiger partial charge in [-0.25, -0.2) is 0 Å². The summed E-state index contributed by atoms with van der Waals surface area (Å²) in [5.41, 5.74) is 4.23. The fraction of sp³-hybridized carbons (Fsp3) is 0.300. The van der Waals surface area contributed by atoms with Crippen LogP contribution in [0.2, 0.25) is 0 Å². The van der Waals surface area contributed by atoms with E-state index in [2.05, 4.69) is 50.6 Å². The van der Waals surface area contributed by atoms with Gasteiger partial charge in [0.2, 0.25) is 0 Å². The molecule has 0 aliphatic carbocycles. The fourth-order valence-electron chi connectivity index (χ4n) is 3.30. The van der Waals surface area contributed by atoms with Crippen molar-refractivity contribution in [1.82, 2.24) is 20.3 Å². The molecule has 5 nitrogen and oxygen atoms in total. The molecule has 1 fully saturated rings. The minimum atomic E-state index is 0.260. The van der Waals surface area contributed by atoms with Crippen molar-refractivity contribution < 1.29 is 4.74 Å². The number of aromatic nitrogens is 3. The van der Waals surface area contributed by atoms with E-state index in [-0.39, 0.29) is 6.10 Å². The van der Waals surface area contributed by atoms with Crippen LogP contribution in [0.25, 0.3) is 11.3 Å². The molecule has 0 spiro atoms. The first-order chi connectivity index (χ1) is 12.4. The summed E-state index contributed by atoms with van der Waals surface area (Å²) < 4.78 is 6.12. The summed E-state index contributed by atoms with van der Waals surface area (Å²) in [6.45, 7) is 3.55. The largest absolute Gasteiger partial charge is 0.370 e. The van der Waals surface area contributed by atoms with Gasteiger partial charge in [-0.15, -0.1) is 5.10 Å². The third-order valence-corrected chi connectivity index (χ3v) is 4.61. The summed E-state index contributed by atoms with van der Waals surface area (Å²) in [7, 11) is 0. The van der Waals surface area contributed by atoms with Gasteiger partial charge in [0.1, 0.15) is 5.69 Å². The molecule has 5 heteroatoms. The standard InChI is InChI=1S/C20H22N4O/c1-3-7-16(8-4-1)13-24-12-11-18(14-24)25-15-19-20(22-23-21-19)17-9-5-2-6-10-17/h1-10,18H,11-15H2,(H,21,22,23). The zero-order chi connectivity index (χ0) is 16.9. The van der Waals surface area contributed by atoms with E-state index >= 15 is 0 Å². The second kappa shape index (κ2) is 7.59. The molecule has 1 N–H and O–H groups in total. The number of rotatable bonds is 6. The summed E-state index contributed by atoms with van der Waals surface area (Å²) in [6, 6.07) is 20.7. The maximum absolute atomic E-state index is 6.12. The summed E-state index contributed by atoms with van der Waals surface area (Å²) in [4.78, 5) is 2.45. The molecule has 4 rings (SSSR count). The van der Waals surface area contributed by atoms with Crippen LogP contribution < -0.4 is 0 Å². The molecule has 0 radical (unpaired) electrons. The predicted molar refractivity (Wildman–Crippen MR) is 96.7 cm³/mol. The SMILES string of the molecule is c1ccc(CN2CCC(OCc3[nH]nnc3-c3ccccc3)C2)cc1. The Morgan fingerprint density at radius 2 is 1.80 bits per heavy atom. The Hall–Kier alpha value is -2.50. The lowest BCUT2D eigenvalue weighted by Gasteiger charge is -2.16. The lowest BCUT2D eigenvalue weighted by atomic mass is 10.1. The number of hydrogen-bond acceptors (Lipinski definition) is 4. The zero-order valence-corrected chi connectivity index (χ0v) is 14.1. The van der Waals surface area contributed by atoms with Gasteiger partial charge in [-0.1, -0.05) is 65.9 Å². The van der Waals surface area contributed by atoms with E-state index in [9.17, 15) is 0 Å². The molecule has 3 aromatic rings. The van der Waals surface area contributed by atoms with Gasteiger partial charge in [-0.2, -0.15) is 0 Å². The molecular formula is C20H22N4O. The molecule has 0 bridgehead atoms. The van der Waals surface area contributed by atoms with Crippen LogP contribution in [-0.2, 0) is 17.9 Å². The van der Waals surface area contributed by atoms with Crippen molar-refractivity contribution in [2.75, 3.05) is 13.1 Å². The van der Waals surface area contributed by atoms with E-state index in [0.29, 0.717) is 6.61 Å². The summed E-state index contributed by atoms with van der Waals surface area (Å²) >= 11 is 0. The van der Waals surface area contributed by atoms with Crippen LogP contribution in [0.3, 0.4) is 0 Å². The van der Waals surface area contributed by atoms with E-state index in [0.717, 1.165) is 43.0 Å². The quantitative estimate of drug-likeness (QED) is 0.752. The van der Waals surface area contributed by atoms with E-state index < -0.39 is 0 Å². The number of aromatic amines is 1. The van der Waals surface area contributed by atoms with Crippen molar-refractivity contribution in [3.05, 3.63) is 71.9 Å². The highest BCUT2D eigenvalue weighted by atomic mass is 16.5. The minimum absolute atomic E-state index is 0.260. The predicted octanol–water partition coefficient (Wildman–Crippen LogP) is 3.26. The Morgan fingerprint density at radius 1 is 1.04 bits per heavy atom. The second-order valence-electron chi connectivity index (χ2n) is 6.45. The van der Waals surface area contributed by atoms with Crippen molar-refractivity contribution in [2.45, 2.75) is 25.7 Å². The Kier molecular flexibility index (Phi) is 4.86. The molecular weight excluding hydrogens is 312 g/mol. The highest BCUT2D eigenvalue weighted by Crippen LogP contribution is 2.22. The normalized spacial score (nSPS) is 17.8. The van der Waals surface area contributed by atoms with Crippen molar-refractivity contribution in [3.8, 4) is 11.3 Å². The molecule has 0 saturated carbocycles. The van der Waals surface area contributed by atoms with Crippen LogP contribution in [0.15, 0.2) is 60.7 Å². The maximum Gasteiger partial charge on any atom is 0.118 e. The van der Waals surface area contributed by atoms with Crippen LogP contribution in [0.4, 0.5) is 0 Å². The van der Waals surface area contributed by atoms with Gasteiger partial charge in [0, 0.05) is 25.2 Å². The van der Waals surface area contributed by atoms with Crippen molar-refractivity contribution in [3.63, 3.8) is 0 Å². The van der Waals surface area contributed by atoms with Gasteiger partial charge in [0.15, 0.2) is 0 Å². The molecule has 1 unspecified atom stereocenters. The first kappa shape index (κ1) is 16.0. The molecule has 1 aromatic heterocycles. The number of benzene rings is 2. The maximum atomic E-state index is 6.12. The number of nitrogens with zero attached hydrogens (tertiary/aromatic N) is 3. The van der Waals surface area contributed by atoms with E-state index in [1.807, 2.05) is 30.3 Å². The van der Waals surface area contributed by atoms with Crippen LogP contribution in [0, 0.1) is 0 Å². The van der Waals surface area contributed by atoms with Crippen LogP contribution in [-0.4, -0.2) is 39.5 Å².